The van der Waals surface area contributed by atoms with Gasteiger partial charge in [-0.1, -0.05) is 50.5 Å². The van der Waals surface area contributed by atoms with E-state index < -0.39 is 5.97 Å². The minimum atomic E-state index is -0.752. The molecule has 0 aromatic carbocycles. The Hall–Kier alpha value is -1.13. The van der Waals surface area contributed by atoms with Gasteiger partial charge in [-0.25, -0.2) is 0 Å². The van der Waals surface area contributed by atoms with Gasteiger partial charge in [0.15, 0.2) is 0 Å². The van der Waals surface area contributed by atoms with Gasteiger partial charge in [-0.3, -0.25) is 4.79 Å². The lowest BCUT2D eigenvalue weighted by Crippen LogP contribution is -2.17. The van der Waals surface area contributed by atoms with Crippen LogP contribution in [0.2, 0.25) is 0 Å². The smallest absolute Gasteiger partial charge is 0.303 e. The Morgan fingerprint density at radius 2 is 2.00 bits per heavy atom. The van der Waals surface area contributed by atoms with E-state index in [9.17, 15) is 15.0 Å². The molecule has 4 atom stereocenters. The summed E-state index contributed by atoms with van der Waals surface area (Å²) in [6.07, 6.45) is 15.9. The summed E-state index contributed by atoms with van der Waals surface area (Å²) >= 11 is 0. The molecule has 138 valence electrons. The van der Waals surface area contributed by atoms with Crippen LogP contribution in [0.1, 0.15) is 71.1 Å². The van der Waals surface area contributed by atoms with Crippen molar-refractivity contribution in [3.05, 3.63) is 24.3 Å². The average Bonchev–Trinajstić information content (AvgIpc) is 2.89. The lowest BCUT2D eigenvalue weighted by molar-refractivity contribution is -0.137. The number of aliphatic hydroxyl groups is 2. The van der Waals surface area contributed by atoms with Crippen molar-refractivity contribution < 1.29 is 20.1 Å². The first-order chi connectivity index (χ1) is 11.5. The highest BCUT2D eigenvalue weighted by Gasteiger charge is 2.32. The standard InChI is InChI=1S/C20H34O4/c1-2-3-6-9-17(21)14-12-16-13-15-19(22)18(16)10-7-4-5-8-11-20(23)24/h4,7,12,14,16-19,21-22H,2-3,5-6,8-11,13,15H2,1H3,(H,23,24)/b7-4-,14-12+/t16?,17-,18+,19-/m0/s1. The zero-order valence-electron chi connectivity index (χ0n) is 14.9. The quantitative estimate of drug-likeness (QED) is 0.370. The van der Waals surface area contributed by atoms with Gasteiger partial charge in [0.05, 0.1) is 12.2 Å². The third kappa shape index (κ3) is 8.65. The van der Waals surface area contributed by atoms with Gasteiger partial charge in [-0.05, 0) is 50.4 Å². The molecule has 4 nitrogen and oxygen atoms in total. The molecule has 3 N–H and O–H groups in total. The molecule has 4 heteroatoms. The predicted octanol–water partition coefficient (Wildman–Crippen LogP) is 4.07. The fourth-order valence-corrected chi connectivity index (χ4v) is 3.36. The van der Waals surface area contributed by atoms with Crippen LogP contribution >= 0.6 is 0 Å². The second-order valence-electron chi connectivity index (χ2n) is 6.91. The maximum atomic E-state index is 10.5. The fraction of sp³-hybridized carbons (Fsp3) is 0.750. The highest BCUT2D eigenvalue weighted by atomic mass is 16.4. The molecule has 1 aliphatic rings. The first-order valence-electron chi connectivity index (χ1n) is 9.45. The van der Waals surface area contributed by atoms with Gasteiger partial charge in [0.1, 0.15) is 0 Å². The molecular weight excluding hydrogens is 304 g/mol. The largest absolute Gasteiger partial charge is 0.481 e. The highest BCUT2D eigenvalue weighted by Crippen LogP contribution is 2.36. The summed E-state index contributed by atoms with van der Waals surface area (Å²) in [6.45, 7) is 2.15. The summed E-state index contributed by atoms with van der Waals surface area (Å²) in [6, 6.07) is 0. The molecule has 1 unspecified atom stereocenters. The van der Waals surface area contributed by atoms with Crippen LogP contribution in [-0.4, -0.2) is 33.5 Å². The van der Waals surface area contributed by atoms with Crippen LogP contribution in [-0.2, 0) is 4.79 Å². The van der Waals surface area contributed by atoms with Gasteiger partial charge < -0.3 is 15.3 Å². The number of unbranched alkanes of at least 4 members (excludes halogenated alkanes) is 3. The van der Waals surface area contributed by atoms with E-state index in [4.69, 9.17) is 5.11 Å². The first kappa shape index (κ1) is 20.9. The topological polar surface area (TPSA) is 77.8 Å². The number of carboxylic acid groups (broad SMARTS) is 1. The first-order valence-corrected chi connectivity index (χ1v) is 9.45. The fourth-order valence-electron chi connectivity index (χ4n) is 3.36. The number of aliphatic hydroxyl groups excluding tert-OH is 2. The van der Waals surface area contributed by atoms with E-state index in [1.165, 1.54) is 0 Å². The van der Waals surface area contributed by atoms with Crippen molar-refractivity contribution in [1.29, 1.82) is 0 Å². The molecule has 0 saturated heterocycles. The van der Waals surface area contributed by atoms with E-state index in [0.29, 0.717) is 12.3 Å². The van der Waals surface area contributed by atoms with Crippen molar-refractivity contribution in [2.45, 2.75) is 83.3 Å². The van der Waals surface area contributed by atoms with E-state index >= 15 is 0 Å². The van der Waals surface area contributed by atoms with Crippen LogP contribution < -0.4 is 0 Å². The Kier molecular flexibility index (Phi) is 10.7. The molecular formula is C20H34O4. The van der Waals surface area contributed by atoms with Crippen molar-refractivity contribution in [1.82, 2.24) is 0 Å². The molecule has 1 fully saturated rings. The third-order valence-electron chi connectivity index (χ3n) is 4.86. The Morgan fingerprint density at radius 1 is 1.21 bits per heavy atom. The van der Waals surface area contributed by atoms with Crippen molar-refractivity contribution in [3.8, 4) is 0 Å². The second-order valence-corrected chi connectivity index (χ2v) is 6.91. The van der Waals surface area contributed by atoms with E-state index in [1.54, 1.807) is 0 Å². The summed E-state index contributed by atoms with van der Waals surface area (Å²) in [5, 5.41) is 28.8. The molecule has 24 heavy (non-hydrogen) atoms. The van der Waals surface area contributed by atoms with Gasteiger partial charge in [-0.2, -0.15) is 0 Å². The molecule has 1 aliphatic carbocycles. The molecule has 0 aromatic rings. The van der Waals surface area contributed by atoms with Crippen molar-refractivity contribution in [2.75, 3.05) is 0 Å². The SMILES string of the molecule is CCCCC[C@H](O)/C=C/C1CC[C@H](O)[C@@H]1C/C=C\CCCC(=O)O. The van der Waals surface area contributed by atoms with Gasteiger partial charge in [-0.15, -0.1) is 0 Å². The third-order valence-corrected chi connectivity index (χ3v) is 4.86. The number of carboxylic acids is 1. The van der Waals surface area contributed by atoms with E-state index in [1.807, 2.05) is 12.2 Å². The van der Waals surface area contributed by atoms with Crippen molar-refractivity contribution in [3.63, 3.8) is 0 Å². The molecule has 0 radical (unpaired) electrons. The summed E-state index contributed by atoms with van der Waals surface area (Å²) in [7, 11) is 0. The summed E-state index contributed by atoms with van der Waals surface area (Å²) in [4.78, 5) is 10.5. The van der Waals surface area contributed by atoms with Crippen LogP contribution in [0.4, 0.5) is 0 Å². The monoisotopic (exact) mass is 338 g/mol. The van der Waals surface area contributed by atoms with Crippen molar-refractivity contribution >= 4 is 5.97 Å². The zero-order valence-corrected chi connectivity index (χ0v) is 14.9. The highest BCUT2D eigenvalue weighted by molar-refractivity contribution is 5.66. The van der Waals surface area contributed by atoms with Crippen LogP contribution in [0.5, 0.6) is 0 Å². The van der Waals surface area contributed by atoms with Crippen molar-refractivity contribution in [2.24, 2.45) is 11.8 Å². The number of rotatable bonds is 12. The van der Waals surface area contributed by atoms with Crippen LogP contribution in [0.15, 0.2) is 24.3 Å². The summed E-state index contributed by atoms with van der Waals surface area (Å²) < 4.78 is 0. The maximum absolute atomic E-state index is 10.5. The second kappa shape index (κ2) is 12.3. The molecule has 0 aliphatic heterocycles. The lowest BCUT2D eigenvalue weighted by atomic mass is 9.90. The molecule has 0 bridgehead atoms. The lowest BCUT2D eigenvalue weighted by Gasteiger charge is -2.18. The van der Waals surface area contributed by atoms with Gasteiger partial charge in [0.25, 0.3) is 0 Å². The Balaban J connectivity index is 2.35. The number of carbonyl (C=O) groups is 1. The molecule has 1 rings (SSSR count). The summed E-state index contributed by atoms with van der Waals surface area (Å²) in [5.41, 5.74) is 0. The summed E-state index contributed by atoms with van der Waals surface area (Å²) in [5.74, 6) is -0.221. The van der Waals surface area contributed by atoms with E-state index in [0.717, 1.165) is 51.4 Å². The van der Waals surface area contributed by atoms with Crippen LogP contribution in [0.3, 0.4) is 0 Å². The van der Waals surface area contributed by atoms with Gasteiger partial charge in [0.2, 0.25) is 0 Å². The molecule has 0 amide bonds. The van der Waals surface area contributed by atoms with E-state index in [2.05, 4.69) is 19.1 Å². The zero-order chi connectivity index (χ0) is 17.8. The Bertz CT molecular complexity index is 402. The Labute approximate surface area is 146 Å². The van der Waals surface area contributed by atoms with Gasteiger partial charge in [0, 0.05) is 6.42 Å². The number of aliphatic carboxylic acids is 1. The maximum Gasteiger partial charge on any atom is 0.303 e. The normalized spacial score (nSPS) is 25.7. The molecule has 0 heterocycles. The molecule has 0 spiro atoms. The molecule has 1 saturated carbocycles. The predicted molar refractivity (Wildman–Crippen MR) is 96.8 cm³/mol. The van der Waals surface area contributed by atoms with E-state index in [-0.39, 0.29) is 24.5 Å². The number of allylic oxidation sites excluding steroid dienone is 3. The minimum Gasteiger partial charge on any atom is -0.481 e. The Morgan fingerprint density at radius 3 is 2.71 bits per heavy atom. The molecule has 0 aromatic heterocycles. The minimum absolute atomic E-state index is 0.206. The number of hydrogen-bond donors (Lipinski definition) is 3. The van der Waals surface area contributed by atoms with Crippen LogP contribution in [0.25, 0.3) is 0 Å². The van der Waals surface area contributed by atoms with Crippen LogP contribution in [0, 0.1) is 11.8 Å². The van der Waals surface area contributed by atoms with Gasteiger partial charge >= 0.3 is 5.97 Å². The number of hydrogen-bond acceptors (Lipinski definition) is 3. The average molecular weight is 338 g/mol.